The molecular weight excluding hydrogens is 201 g/mol. The molecule has 1 N–H and O–H groups in total. The van der Waals surface area contributed by atoms with Gasteiger partial charge in [-0.25, -0.2) is 9.18 Å². The van der Waals surface area contributed by atoms with Gasteiger partial charge in [-0.1, -0.05) is 0 Å². The van der Waals surface area contributed by atoms with E-state index in [0.717, 1.165) is 0 Å². The number of ether oxygens (including phenoxy) is 1. The topological polar surface area (TPSA) is 49.8 Å². The number of hydrogen-bond acceptors (Lipinski definition) is 3. The van der Waals surface area contributed by atoms with Crippen molar-refractivity contribution in [3.63, 3.8) is 0 Å². The largest absolute Gasteiger partial charge is 0.444 e. The van der Waals surface area contributed by atoms with E-state index in [-0.39, 0.29) is 0 Å². The fourth-order valence-corrected chi connectivity index (χ4v) is 1.63. The quantitative estimate of drug-likeness (QED) is 0.729. The van der Waals surface area contributed by atoms with Gasteiger partial charge in [0.2, 0.25) is 6.36 Å². The van der Waals surface area contributed by atoms with Crippen molar-refractivity contribution in [1.82, 2.24) is 4.90 Å². The summed E-state index contributed by atoms with van der Waals surface area (Å²) in [6.45, 7) is 5.70. The van der Waals surface area contributed by atoms with E-state index in [2.05, 4.69) is 0 Å². The molecule has 1 aliphatic rings. The lowest BCUT2D eigenvalue weighted by molar-refractivity contribution is -0.0378. The highest BCUT2D eigenvalue weighted by atomic mass is 19.1. The van der Waals surface area contributed by atoms with Crippen LogP contribution in [-0.2, 0) is 4.74 Å². The standard InChI is InChI=1S/C10H18FNO3/c1-10(2,3)15-9(14)12-6-4-5-7(12)8(11)13/h7-8,13H,4-6H2,1-3H3. The minimum Gasteiger partial charge on any atom is -0.444 e. The van der Waals surface area contributed by atoms with Gasteiger partial charge in [-0.05, 0) is 33.6 Å². The maximum absolute atomic E-state index is 12.8. The minimum atomic E-state index is -1.99. The Hall–Kier alpha value is -0.840. The molecular formula is C10H18FNO3. The Labute approximate surface area is 89.0 Å². The monoisotopic (exact) mass is 219 g/mol. The summed E-state index contributed by atoms with van der Waals surface area (Å²) in [4.78, 5) is 12.9. The van der Waals surface area contributed by atoms with Crippen molar-refractivity contribution in [3.05, 3.63) is 0 Å². The molecule has 1 saturated heterocycles. The molecule has 1 heterocycles. The molecule has 0 radical (unpaired) electrons. The fraction of sp³-hybridized carbons (Fsp3) is 0.900. The normalized spacial score (nSPS) is 24.1. The maximum Gasteiger partial charge on any atom is 0.410 e. The van der Waals surface area contributed by atoms with Crippen LogP contribution in [0.3, 0.4) is 0 Å². The molecule has 1 fully saturated rings. The number of nitrogens with zero attached hydrogens (tertiary/aromatic N) is 1. The lowest BCUT2D eigenvalue weighted by Gasteiger charge is -2.28. The van der Waals surface area contributed by atoms with Crippen LogP contribution in [-0.4, -0.2) is 40.6 Å². The molecule has 4 nitrogen and oxygen atoms in total. The van der Waals surface area contributed by atoms with Crippen LogP contribution in [0.4, 0.5) is 9.18 Å². The van der Waals surface area contributed by atoms with Crippen molar-refractivity contribution >= 4 is 6.09 Å². The average molecular weight is 219 g/mol. The van der Waals surface area contributed by atoms with Crippen LogP contribution in [0.1, 0.15) is 33.6 Å². The molecule has 0 aromatic carbocycles. The van der Waals surface area contributed by atoms with Gasteiger partial charge in [-0.3, -0.25) is 4.90 Å². The predicted molar refractivity (Wildman–Crippen MR) is 53.1 cm³/mol. The number of carbonyl (C=O) groups excluding carboxylic acids is 1. The zero-order valence-corrected chi connectivity index (χ0v) is 9.36. The van der Waals surface area contributed by atoms with E-state index < -0.39 is 24.1 Å². The van der Waals surface area contributed by atoms with Gasteiger partial charge in [0.15, 0.2) is 0 Å². The molecule has 0 aliphatic carbocycles. The summed E-state index contributed by atoms with van der Waals surface area (Å²) in [7, 11) is 0. The maximum atomic E-state index is 12.8. The predicted octanol–water partition coefficient (Wildman–Crippen LogP) is 1.67. The summed E-state index contributed by atoms with van der Waals surface area (Å²) >= 11 is 0. The Morgan fingerprint density at radius 3 is 2.67 bits per heavy atom. The van der Waals surface area contributed by atoms with Gasteiger partial charge in [0, 0.05) is 6.54 Å². The Morgan fingerprint density at radius 2 is 2.20 bits per heavy atom. The zero-order valence-electron chi connectivity index (χ0n) is 9.36. The highest BCUT2D eigenvalue weighted by molar-refractivity contribution is 5.69. The first-order chi connectivity index (χ1) is 6.81. The lowest BCUT2D eigenvalue weighted by atomic mass is 10.2. The molecule has 1 rings (SSSR count). The number of alkyl halides is 1. The van der Waals surface area contributed by atoms with Gasteiger partial charge in [0.05, 0.1) is 6.04 Å². The Morgan fingerprint density at radius 1 is 1.60 bits per heavy atom. The zero-order chi connectivity index (χ0) is 11.6. The SMILES string of the molecule is CC(C)(C)OC(=O)N1CCCC1C(O)F. The molecule has 0 bridgehead atoms. The van der Waals surface area contributed by atoms with Crippen molar-refractivity contribution in [2.75, 3.05) is 6.54 Å². The first-order valence-electron chi connectivity index (χ1n) is 5.13. The van der Waals surface area contributed by atoms with Crippen molar-refractivity contribution in [2.45, 2.75) is 51.6 Å². The molecule has 0 aromatic rings. The second-order valence-electron chi connectivity index (χ2n) is 4.76. The van der Waals surface area contributed by atoms with Crippen LogP contribution in [0.5, 0.6) is 0 Å². The Bertz CT molecular complexity index is 237. The number of amides is 1. The summed E-state index contributed by atoms with van der Waals surface area (Å²) in [6, 6.07) is -0.750. The number of aliphatic hydroxyl groups excluding tert-OH is 1. The average Bonchev–Trinajstić information content (AvgIpc) is 2.47. The van der Waals surface area contributed by atoms with Crippen LogP contribution in [0.25, 0.3) is 0 Å². The van der Waals surface area contributed by atoms with Crippen LogP contribution < -0.4 is 0 Å². The number of aliphatic hydroxyl groups is 1. The van der Waals surface area contributed by atoms with E-state index in [1.807, 2.05) is 0 Å². The van der Waals surface area contributed by atoms with Gasteiger partial charge < -0.3 is 9.84 Å². The first kappa shape index (κ1) is 12.2. The van der Waals surface area contributed by atoms with Gasteiger partial charge >= 0.3 is 6.09 Å². The third-order valence-electron chi connectivity index (χ3n) is 2.24. The van der Waals surface area contributed by atoms with E-state index >= 15 is 0 Å². The molecule has 0 spiro atoms. The number of carbonyl (C=O) groups is 1. The summed E-state index contributed by atoms with van der Waals surface area (Å²) in [5, 5.41) is 8.85. The van der Waals surface area contributed by atoms with Crippen LogP contribution in [0.2, 0.25) is 0 Å². The van der Waals surface area contributed by atoms with Crippen LogP contribution >= 0.6 is 0 Å². The second-order valence-corrected chi connectivity index (χ2v) is 4.76. The minimum absolute atomic E-state index is 0.445. The Balaban J connectivity index is 2.59. The van der Waals surface area contributed by atoms with Crippen molar-refractivity contribution < 1.29 is 19.0 Å². The van der Waals surface area contributed by atoms with Gasteiger partial charge in [0.25, 0.3) is 0 Å². The lowest BCUT2D eigenvalue weighted by Crippen LogP contribution is -2.43. The fourth-order valence-electron chi connectivity index (χ4n) is 1.63. The smallest absolute Gasteiger partial charge is 0.410 e. The summed E-state index contributed by atoms with van der Waals surface area (Å²) in [6.07, 6.45) is -1.36. The van der Waals surface area contributed by atoms with E-state index in [0.29, 0.717) is 19.4 Å². The van der Waals surface area contributed by atoms with E-state index in [1.165, 1.54) is 4.90 Å². The molecule has 0 saturated carbocycles. The number of halogens is 1. The van der Waals surface area contributed by atoms with Crippen molar-refractivity contribution in [1.29, 1.82) is 0 Å². The molecule has 2 unspecified atom stereocenters. The third-order valence-corrected chi connectivity index (χ3v) is 2.24. The molecule has 5 heteroatoms. The summed E-state index contributed by atoms with van der Waals surface area (Å²) in [5.41, 5.74) is -0.592. The van der Waals surface area contributed by atoms with Gasteiger partial charge in [0.1, 0.15) is 5.60 Å². The molecule has 88 valence electrons. The molecule has 0 aromatic heterocycles. The number of likely N-dealkylation sites (tertiary alicyclic amines) is 1. The van der Waals surface area contributed by atoms with Crippen LogP contribution in [0.15, 0.2) is 0 Å². The number of rotatable bonds is 1. The van der Waals surface area contributed by atoms with Gasteiger partial charge in [-0.2, -0.15) is 0 Å². The summed E-state index contributed by atoms with van der Waals surface area (Å²) in [5.74, 6) is 0. The molecule has 15 heavy (non-hydrogen) atoms. The Kier molecular flexibility index (Phi) is 3.54. The van der Waals surface area contributed by atoms with E-state index in [1.54, 1.807) is 20.8 Å². The third kappa shape index (κ3) is 3.34. The summed E-state index contributed by atoms with van der Waals surface area (Å²) < 4.78 is 17.9. The second kappa shape index (κ2) is 4.35. The molecule has 2 atom stereocenters. The van der Waals surface area contributed by atoms with E-state index in [4.69, 9.17) is 9.84 Å². The number of hydrogen-bond donors (Lipinski definition) is 1. The van der Waals surface area contributed by atoms with Crippen LogP contribution in [0, 0.1) is 0 Å². The van der Waals surface area contributed by atoms with Gasteiger partial charge in [-0.15, -0.1) is 0 Å². The highest BCUT2D eigenvalue weighted by Crippen LogP contribution is 2.23. The van der Waals surface area contributed by atoms with E-state index in [9.17, 15) is 9.18 Å². The highest BCUT2D eigenvalue weighted by Gasteiger charge is 2.36. The molecule has 1 aliphatic heterocycles. The first-order valence-corrected chi connectivity index (χ1v) is 5.13. The van der Waals surface area contributed by atoms with Crippen molar-refractivity contribution in [3.8, 4) is 0 Å². The van der Waals surface area contributed by atoms with Crippen molar-refractivity contribution in [2.24, 2.45) is 0 Å². The molecule has 1 amide bonds.